The molecule has 8 heteroatoms. The van der Waals surface area contributed by atoms with Gasteiger partial charge in [0.2, 0.25) is 0 Å². The summed E-state index contributed by atoms with van der Waals surface area (Å²) in [5.74, 6) is -1.07. The van der Waals surface area contributed by atoms with Crippen molar-refractivity contribution < 1.29 is 14.6 Å². The Morgan fingerprint density at radius 2 is 2.36 bits per heavy atom. The second-order valence-corrected chi connectivity index (χ2v) is 7.55. The van der Waals surface area contributed by atoms with Gasteiger partial charge in [-0.15, -0.1) is 11.3 Å². The van der Waals surface area contributed by atoms with Crippen molar-refractivity contribution in [2.75, 3.05) is 5.75 Å². The average molecular weight is 340 g/mol. The topological polar surface area (TPSA) is 92.3 Å². The SMILES string of the molecule is CC[C@@]1(C)Cc2c(sc3nc(SCC(=O)O)[nH]c(=O)c23)CO1. The van der Waals surface area contributed by atoms with Crippen LogP contribution in [0.2, 0.25) is 0 Å². The monoisotopic (exact) mass is 340 g/mol. The number of aromatic amines is 1. The molecular formula is C14H16N2O4S2. The smallest absolute Gasteiger partial charge is 0.313 e. The highest BCUT2D eigenvalue weighted by molar-refractivity contribution is 7.99. The van der Waals surface area contributed by atoms with Crippen LogP contribution in [-0.4, -0.2) is 32.4 Å². The minimum atomic E-state index is -0.940. The Hall–Kier alpha value is -1.38. The summed E-state index contributed by atoms with van der Waals surface area (Å²) in [6.07, 6.45) is 1.58. The van der Waals surface area contributed by atoms with Crippen LogP contribution in [-0.2, 0) is 22.6 Å². The van der Waals surface area contributed by atoms with Crippen molar-refractivity contribution in [2.24, 2.45) is 0 Å². The quantitative estimate of drug-likeness (QED) is 0.656. The number of hydrogen-bond acceptors (Lipinski definition) is 6. The zero-order valence-electron chi connectivity index (χ0n) is 12.3. The third-order valence-electron chi connectivity index (χ3n) is 3.91. The lowest BCUT2D eigenvalue weighted by Gasteiger charge is -2.32. The summed E-state index contributed by atoms with van der Waals surface area (Å²) in [7, 11) is 0. The lowest BCUT2D eigenvalue weighted by molar-refractivity contribution is -0.133. The van der Waals surface area contributed by atoms with Gasteiger partial charge >= 0.3 is 5.97 Å². The summed E-state index contributed by atoms with van der Waals surface area (Å²) in [6, 6.07) is 0. The summed E-state index contributed by atoms with van der Waals surface area (Å²) in [4.78, 5) is 31.8. The van der Waals surface area contributed by atoms with Crippen molar-refractivity contribution in [2.45, 2.75) is 44.1 Å². The number of ether oxygens (including phenoxy) is 1. The van der Waals surface area contributed by atoms with Gasteiger partial charge in [0.15, 0.2) is 5.16 Å². The normalized spacial score (nSPS) is 21.0. The van der Waals surface area contributed by atoms with Crippen molar-refractivity contribution in [1.29, 1.82) is 0 Å². The molecule has 1 aliphatic rings. The van der Waals surface area contributed by atoms with Crippen LogP contribution in [0.3, 0.4) is 0 Å². The molecule has 6 nitrogen and oxygen atoms in total. The first-order chi connectivity index (χ1) is 10.4. The molecule has 0 unspecified atom stereocenters. The van der Waals surface area contributed by atoms with Crippen LogP contribution in [0.25, 0.3) is 10.2 Å². The molecule has 3 heterocycles. The Balaban J connectivity index is 2.04. The number of carboxylic acid groups (broad SMARTS) is 1. The molecule has 22 heavy (non-hydrogen) atoms. The minimum Gasteiger partial charge on any atom is -0.481 e. The molecule has 0 saturated carbocycles. The molecule has 0 aliphatic carbocycles. The Kier molecular flexibility index (Phi) is 4.00. The van der Waals surface area contributed by atoms with E-state index < -0.39 is 5.97 Å². The fourth-order valence-electron chi connectivity index (χ4n) is 2.48. The third-order valence-corrected chi connectivity index (χ3v) is 5.86. The van der Waals surface area contributed by atoms with E-state index in [2.05, 4.69) is 23.8 Å². The van der Waals surface area contributed by atoms with Crippen LogP contribution in [0.15, 0.2) is 9.95 Å². The number of carbonyl (C=O) groups is 1. The molecule has 1 aliphatic heterocycles. The van der Waals surface area contributed by atoms with Gasteiger partial charge in [-0.3, -0.25) is 9.59 Å². The molecule has 2 aromatic heterocycles. The van der Waals surface area contributed by atoms with Gasteiger partial charge in [-0.25, -0.2) is 4.98 Å². The lowest BCUT2D eigenvalue weighted by Crippen LogP contribution is -2.34. The van der Waals surface area contributed by atoms with Crippen molar-refractivity contribution in [1.82, 2.24) is 9.97 Å². The second kappa shape index (κ2) is 5.68. The van der Waals surface area contributed by atoms with Gasteiger partial charge in [-0.05, 0) is 18.9 Å². The average Bonchev–Trinajstić information content (AvgIpc) is 2.83. The number of hydrogen-bond donors (Lipinski definition) is 2. The van der Waals surface area contributed by atoms with Crippen LogP contribution in [0.5, 0.6) is 0 Å². The fourth-order valence-corrected chi connectivity index (χ4v) is 4.23. The highest BCUT2D eigenvalue weighted by atomic mass is 32.2. The lowest BCUT2D eigenvalue weighted by atomic mass is 9.90. The Morgan fingerprint density at radius 3 is 3.05 bits per heavy atom. The fraction of sp³-hybridized carbons (Fsp3) is 0.500. The first-order valence-electron chi connectivity index (χ1n) is 6.95. The van der Waals surface area contributed by atoms with E-state index in [4.69, 9.17) is 9.84 Å². The van der Waals surface area contributed by atoms with E-state index in [1.807, 2.05) is 0 Å². The number of rotatable bonds is 4. The number of thioether (sulfide) groups is 1. The zero-order valence-corrected chi connectivity index (χ0v) is 13.9. The van der Waals surface area contributed by atoms with Crippen LogP contribution in [0, 0.1) is 0 Å². The summed E-state index contributed by atoms with van der Waals surface area (Å²) in [5, 5.41) is 9.69. The van der Waals surface area contributed by atoms with Crippen LogP contribution >= 0.6 is 23.1 Å². The number of fused-ring (bicyclic) bond motifs is 3. The van der Waals surface area contributed by atoms with Crippen LogP contribution < -0.4 is 5.56 Å². The Labute approximate surface area is 134 Å². The molecule has 0 spiro atoms. The first kappa shape index (κ1) is 15.5. The Bertz CT molecular complexity index is 798. The van der Waals surface area contributed by atoms with E-state index >= 15 is 0 Å². The minimum absolute atomic E-state index is 0.128. The Morgan fingerprint density at radius 1 is 1.59 bits per heavy atom. The molecule has 0 fully saturated rings. The number of aliphatic carboxylic acids is 1. The maximum atomic E-state index is 12.4. The van der Waals surface area contributed by atoms with Crippen molar-refractivity contribution >= 4 is 39.3 Å². The van der Waals surface area contributed by atoms with E-state index in [9.17, 15) is 9.59 Å². The molecule has 2 N–H and O–H groups in total. The van der Waals surface area contributed by atoms with Gasteiger partial charge in [0.05, 0.1) is 23.3 Å². The standard InChI is InChI=1S/C14H16N2O4S2/c1-3-14(2)4-7-8(5-20-14)22-12-10(7)11(19)15-13(16-12)21-6-9(17)18/h3-6H2,1-2H3,(H,17,18)(H,15,16,19)/t14-/m0/s1. The molecule has 2 aromatic rings. The molecule has 3 rings (SSSR count). The molecule has 0 aromatic carbocycles. The largest absolute Gasteiger partial charge is 0.481 e. The second-order valence-electron chi connectivity index (χ2n) is 5.51. The van der Waals surface area contributed by atoms with E-state index in [1.54, 1.807) is 0 Å². The molecule has 118 valence electrons. The maximum Gasteiger partial charge on any atom is 0.313 e. The van der Waals surface area contributed by atoms with E-state index in [0.29, 0.717) is 28.4 Å². The zero-order chi connectivity index (χ0) is 15.9. The van der Waals surface area contributed by atoms with Gasteiger partial charge in [-0.1, -0.05) is 18.7 Å². The van der Waals surface area contributed by atoms with Crippen molar-refractivity contribution in [3.63, 3.8) is 0 Å². The summed E-state index contributed by atoms with van der Waals surface area (Å²) >= 11 is 2.47. The van der Waals surface area contributed by atoms with Gasteiger partial charge < -0.3 is 14.8 Å². The number of H-pyrrole nitrogens is 1. The number of nitrogens with one attached hydrogen (secondary N) is 1. The van der Waals surface area contributed by atoms with Crippen molar-refractivity contribution in [3.8, 4) is 0 Å². The number of nitrogens with zero attached hydrogens (tertiary/aromatic N) is 1. The summed E-state index contributed by atoms with van der Waals surface area (Å²) in [5.41, 5.74) is 0.583. The first-order valence-corrected chi connectivity index (χ1v) is 8.75. The predicted molar refractivity (Wildman–Crippen MR) is 85.8 cm³/mol. The third kappa shape index (κ3) is 2.78. The highest BCUT2D eigenvalue weighted by Crippen LogP contribution is 2.38. The molecule has 0 bridgehead atoms. The van der Waals surface area contributed by atoms with E-state index in [1.165, 1.54) is 11.3 Å². The number of aromatic nitrogens is 2. The highest BCUT2D eigenvalue weighted by Gasteiger charge is 2.32. The molecule has 0 radical (unpaired) electrons. The van der Waals surface area contributed by atoms with Gasteiger partial charge in [0, 0.05) is 11.3 Å². The molecule has 0 amide bonds. The van der Waals surface area contributed by atoms with E-state index in [-0.39, 0.29) is 16.9 Å². The molecule has 1 atom stereocenters. The predicted octanol–water partition coefficient (Wildman–Crippen LogP) is 2.40. The van der Waals surface area contributed by atoms with Crippen LogP contribution in [0.4, 0.5) is 0 Å². The summed E-state index contributed by atoms with van der Waals surface area (Å²) < 4.78 is 5.91. The van der Waals surface area contributed by atoms with E-state index in [0.717, 1.165) is 28.6 Å². The van der Waals surface area contributed by atoms with Crippen LogP contribution in [0.1, 0.15) is 30.7 Å². The molecular weight excluding hydrogens is 324 g/mol. The van der Waals surface area contributed by atoms with Gasteiger partial charge in [0.1, 0.15) is 4.83 Å². The summed E-state index contributed by atoms with van der Waals surface area (Å²) in [6.45, 7) is 4.62. The van der Waals surface area contributed by atoms with Gasteiger partial charge in [0.25, 0.3) is 5.56 Å². The number of carboxylic acids is 1. The van der Waals surface area contributed by atoms with Crippen molar-refractivity contribution in [3.05, 3.63) is 20.8 Å². The molecule has 0 saturated heterocycles. The number of thiophene rings is 1. The van der Waals surface area contributed by atoms with Gasteiger partial charge in [-0.2, -0.15) is 0 Å². The maximum absolute atomic E-state index is 12.4.